The molecule has 1 aliphatic rings. The van der Waals surface area contributed by atoms with Gasteiger partial charge in [0, 0.05) is 41.0 Å². The van der Waals surface area contributed by atoms with Gasteiger partial charge >= 0.3 is 0 Å². The first-order valence-corrected chi connectivity index (χ1v) is 10.6. The van der Waals surface area contributed by atoms with Gasteiger partial charge in [0.2, 0.25) is 5.91 Å². The summed E-state index contributed by atoms with van der Waals surface area (Å²) in [5.41, 5.74) is 9.32. The van der Waals surface area contributed by atoms with Crippen LogP contribution in [0.4, 0.5) is 0 Å². The highest BCUT2D eigenvalue weighted by molar-refractivity contribution is 5.99. The van der Waals surface area contributed by atoms with Crippen molar-refractivity contribution in [2.45, 2.75) is 13.0 Å². The minimum Gasteiger partial charge on any atom is -0.451 e. The SMILES string of the molecule is Cc1c(C(=O)N2CCO[C@H](c3nccnc3-c3ccc(C(N)=O)cc3)C2)oc2ccccc12. The Balaban J connectivity index is 1.43. The molecule has 5 rings (SSSR count). The summed E-state index contributed by atoms with van der Waals surface area (Å²) in [6.07, 6.45) is 2.75. The van der Waals surface area contributed by atoms with Crippen molar-refractivity contribution in [1.29, 1.82) is 0 Å². The molecule has 2 N–H and O–H groups in total. The molecule has 0 spiro atoms. The third-order valence-electron chi connectivity index (χ3n) is 5.87. The lowest BCUT2D eigenvalue weighted by Gasteiger charge is -2.32. The summed E-state index contributed by atoms with van der Waals surface area (Å²) in [6.45, 7) is 3.04. The summed E-state index contributed by atoms with van der Waals surface area (Å²) in [5.74, 6) is -0.321. The molecule has 8 nitrogen and oxygen atoms in total. The van der Waals surface area contributed by atoms with Crippen molar-refractivity contribution >= 4 is 22.8 Å². The van der Waals surface area contributed by atoms with Crippen LogP contribution < -0.4 is 5.73 Å². The van der Waals surface area contributed by atoms with Gasteiger partial charge in [0.15, 0.2) is 5.76 Å². The van der Waals surface area contributed by atoms with Crippen LogP contribution in [0, 0.1) is 6.92 Å². The van der Waals surface area contributed by atoms with E-state index in [2.05, 4.69) is 9.97 Å². The number of fused-ring (bicyclic) bond motifs is 1. The Morgan fingerprint density at radius 1 is 1.06 bits per heavy atom. The van der Waals surface area contributed by atoms with Gasteiger partial charge < -0.3 is 19.8 Å². The van der Waals surface area contributed by atoms with Gasteiger partial charge in [-0.3, -0.25) is 19.6 Å². The molecule has 2 amide bonds. The van der Waals surface area contributed by atoms with Crippen molar-refractivity contribution in [3.63, 3.8) is 0 Å². The molecule has 0 unspecified atom stereocenters. The maximum absolute atomic E-state index is 13.3. The molecule has 1 fully saturated rings. The number of amides is 2. The standard InChI is InChI=1S/C25H22N4O4/c1-15-18-4-2-3-5-19(18)33-23(15)25(31)29-12-13-32-20(14-29)22-21(27-10-11-28-22)16-6-8-17(9-7-16)24(26)30/h2-11,20H,12-14H2,1H3,(H2,26,30)/t20-/m0/s1. The number of aromatic nitrogens is 2. The van der Waals surface area contributed by atoms with E-state index in [1.54, 1.807) is 41.6 Å². The van der Waals surface area contributed by atoms with Gasteiger partial charge in [-0.25, -0.2) is 0 Å². The molecule has 2 aromatic heterocycles. The summed E-state index contributed by atoms with van der Waals surface area (Å²) in [5, 5.41) is 0.932. The van der Waals surface area contributed by atoms with Gasteiger partial charge in [-0.05, 0) is 25.1 Å². The number of nitrogens with two attached hydrogens (primary N) is 1. The van der Waals surface area contributed by atoms with E-state index in [9.17, 15) is 9.59 Å². The predicted molar refractivity (Wildman–Crippen MR) is 122 cm³/mol. The van der Waals surface area contributed by atoms with Crippen LogP contribution in [0.5, 0.6) is 0 Å². The minimum atomic E-state index is -0.494. The Bertz CT molecular complexity index is 1350. The molecule has 0 aliphatic carbocycles. The quantitative estimate of drug-likeness (QED) is 0.518. The van der Waals surface area contributed by atoms with E-state index < -0.39 is 12.0 Å². The summed E-state index contributed by atoms with van der Waals surface area (Å²) in [7, 11) is 0. The second-order valence-electron chi connectivity index (χ2n) is 7.89. The summed E-state index contributed by atoms with van der Waals surface area (Å²) in [6, 6.07) is 14.5. The van der Waals surface area contributed by atoms with E-state index in [1.165, 1.54) is 0 Å². The summed E-state index contributed by atoms with van der Waals surface area (Å²) in [4.78, 5) is 35.4. The Morgan fingerprint density at radius 3 is 2.58 bits per heavy atom. The first-order chi connectivity index (χ1) is 16.0. The molecule has 4 aromatic rings. The third kappa shape index (κ3) is 3.85. The molecule has 0 saturated carbocycles. The van der Waals surface area contributed by atoms with Crippen molar-refractivity contribution in [2.24, 2.45) is 5.73 Å². The van der Waals surface area contributed by atoms with Crippen molar-refractivity contribution < 1.29 is 18.7 Å². The smallest absolute Gasteiger partial charge is 0.290 e. The molecular weight excluding hydrogens is 420 g/mol. The Kier molecular flexibility index (Phi) is 5.35. The van der Waals surface area contributed by atoms with Crippen LogP contribution in [-0.2, 0) is 4.74 Å². The maximum Gasteiger partial charge on any atom is 0.290 e. The second-order valence-corrected chi connectivity index (χ2v) is 7.89. The molecule has 0 radical (unpaired) electrons. The molecule has 1 aliphatic heterocycles. The lowest BCUT2D eigenvalue weighted by molar-refractivity contribution is -0.0254. The normalized spacial score (nSPS) is 16.2. The molecule has 3 heterocycles. The molecular formula is C25H22N4O4. The molecule has 166 valence electrons. The fourth-order valence-corrected chi connectivity index (χ4v) is 4.12. The number of benzene rings is 2. The van der Waals surface area contributed by atoms with E-state index in [-0.39, 0.29) is 5.91 Å². The van der Waals surface area contributed by atoms with E-state index in [0.717, 1.165) is 16.5 Å². The van der Waals surface area contributed by atoms with Gasteiger partial charge in [-0.1, -0.05) is 30.3 Å². The molecule has 2 aromatic carbocycles. The van der Waals surface area contributed by atoms with Crippen LogP contribution in [0.1, 0.15) is 38.3 Å². The largest absolute Gasteiger partial charge is 0.451 e. The van der Waals surface area contributed by atoms with E-state index >= 15 is 0 Å². The van der Waals surface area contributed by atoms with Gasteiger partial charge in [-0.15, -0.1) is 0 Å². The first kappa shape index (κ1) is 20.8. The lowest BCUT2D eigenvalue weighted by atomic mass is 10.0. The topological polar surface area (TPSA) is 112 Å². The Labute approximate surface area is 190 Å². The number of morpholine rings is 1. The molecule has 1 atom stereocenters. The van der Waals surface area contributed by atoms with Gasteiger partial charge in [0.25, 0.3) is 5.91 Å². The number of furan rings is 1. The highest BCUT2D eigenvalue weighted by Crippen LogP contribution is 2.31. The van der Waals surface area contributed by atoms with Crippen LogP contribution in [-0.4, -0.2) is 46.4 Å². The minimum absolute atomic E-state index is 0.173. The van der Waals surface area contributed by atoms with Gasteiger partial charge in [0.05, 0.1) is 24.5 Å². The number of aryl methyl sites for hydroxylation is 1. The molecule has 0 bridgehead atoms. The number of ether oxygens (including phenoxy) is 1. The zero-order chi connectivity index (χ0) is 22.9. The van der Waals surface area contributed by atoms with Crippen molar-refractivity contribution in [1.82, 2.24) is 14.9 Å². The number of carbonyl (C=O) groups excluding carboxylic acids is 2. The van der Waals surface area contributed by atoms with Crippen LogP contribution in [0.25, 0.3) is 22.2 Å². The number of rotatable bonds is 4. The van der Waals surface area contributed by atoms with E-state index in [0.29, 0.717) is 48.0 Å². The number of primary amides is 1. The molecule has 33 heavy (non-hydrogen) atoms. The highest BCUT2D eigenvalue weighted by atomic mass is 16.5. The average Bonchev–Trinajstić information content (AvgIpc) is 3.20. The maximum atomic E-state index is 13.3. The third-order valence-corrected chi connectivity index (χ3v) is 5.87. The Morgan fingerprint density at radius 2 is 1.82 bits per heavy atom. The van der Waals surface area contributed by atoms with E-state index in [1.807, 2.05) is 31.2 Å². The molecule has 1 saturated heterocycles. The monoisotopic (exact) mass is 442 g/mol. The van der Waals surface area contributed by atoms with E-state index in [4.69, 9.17) is 14.9 Å². The first-order valence-electron chi connectivity index (χ1n) is 10.6. The zero-order valence-corrected chi connectivity index (χ0v) is 18.0. The summed E-state index contributed by atoms with van der Waals surface area (Å²) < 4.78 is 11.9. The van der Waals surface area contributed by atoms with Crippen molar-refractivity contribution in [3.05, 3.63) is 83.5 Å². The summed E-state index contributed by atoms with van der Waals surface area (Å²) >= 11 is 0. The van der Waals surface area contributed by atoms with Crippen LogP contribution in [0.2, 0.25) is 0 Å². The van der Waals surface area contributed by atoms with Crippen LogP contribution in [0.15, 0.2) is 65.3 Å². The lowest BCUT2D eigenvalue weighted by Crippen LogP contribution is -2.42. The number of hydrogen-bond donors (Lipinski definition) is 1. The fourth-order valence-electron chi connectivity index (χ4n) is 4.12. The number of nitrogens with zero attached hydrogens (tertiary/aromatic N) is 3. The van der Waals surface area contributed by atoms with Crippen LogP contribution in [0.3, 0.4) is 0 Å². The molecule has 8 heteroatoms. The van der Waals surface area contributed by atoms with Gasteiger partial charge in [-0.2, -0.15) is 0 Å². The van der Waals surface area contributed by atoms with Crippen molar-refractivity contribution in [3.8, 4) is 11.3 Å². The fraction of sp³-hybridized carbons (Fsp3) is 0.200. The predicted octanol–water partition coefficient (Wildman–Crippen LogP) is 3.51. The highest BCUT2D eigenvalue weighted by Gasteiger charge is 2.31. The number of carbonyl (C=O) groups is 2. The number of hydrogen-bond acceptors (Lipinski definition) is 6. The average molecular weight is 442 g/mol. The zero-order valence-electron chi connectivity index (χ0n) is 18.0. The van der Waals surface area contributed by atoms with Crippen molar-refractivity contribution in [2.75, 3.05) is 19.7 Å². The van der Waals surface area contributed by atoms with Gasteiger partial charge in [0.1, 0.15) is 11.7 Å². The second kappa shape index (κ2) is 8.48. The number of para-hydroxylation sites is 1. The van der Waals surface area contributed by atoms with Crippen LogP contribution >= 0.6 is 0 Å². The Hall–Kier alpha value is -4.04.